The van der Waals surface area contributed by atoms with Crippen LogP contribution >= 0.6 is 0 Å². The monoisotopic (exact) mass is 277 g/mol. The van der Waals surface area contributed by atoms with Crippen molar-refractivity contribution in [2.24, 2.45) is 5.92 Å². The van der Waals surface area contributed by atoms with E-state index in [1.54, 1.807) is 14.2 Å². The van der Waals surface area contributed by atoms with Crippen molar-refractivity contribution < 1.29 is 9.53 Å². The number of likely N-dealkylation sites (tertiary alicyclic amines) is 1. The van der Waals surface area contributed by atoms with E-state index in [0.717, 1.165) is 49.5 Å². The summed E-state index contributed by atoms with van der Waals surface area (Å²) in [7, 11) is 3.35. The molecule has 0 atom stereocenters. The number of nitrogens with zero attached hydrogens (tertiary/aromatic N) is 1. The van der Waals surface area contributed by atoms with Crippen LogP contribution in [0.3, 0.4) is 0 Å². The summed E-state index contributed by atoms with van der Waals surface area (Å²) in [5.41, 5.74) is 7.74. The van der Waals surface area contributed by atoms with Crippen LogP contribution in [0, 0.1) is 5.92 Å². The van der Waals surface area contributed by atoms with Crippen molar-refractivity contribution in [3.05, 3.63) is 23.8 Å². The van der Waals surface area contributed by atoms with Gasteiger partial charge in [-0.2, -0.15) is 0 Å². The molecular weight excluding hydrogens is 254 g/mol. The Balaban J connectivity index is 1.92. The third-order valence-electron chi connectivity index (χ3n) is 3.84. The molecule has 0 unspecified atom stereocenters. The molecule has 0 bridgehead atoms. The molecule has 5 nitrogen and oxygen atoms in total. The predicted octanol–water partition coefficient (Wildman–Crippen LogP) is 1.24. The molecule has 1 fully saturated rings. The number of hydrogen-bond donors (Lipinski definition) is 2. The van der Waals surface area contributed by atoms with Crippen LogP contribution in [0.5, 0.6) is 5.75 Å². The van der Waals surface area contributed by atoms with Crippen LogP contribution in [0.2, 0.25) is 0 Å². The first-order chi connectivity index (χ1) is 9.62. The van der Waals surface area contributed by atoms with Gasteiger partial charge in [-0.05, 0) is 43.6 Å². The lowest BCUT2D eigenvalue weighted by Gasteiger charge is -2.31. The molecular formula is C15H23N3O2. The quantitative estimate of drug-likeness (QED) is 0.812. The summed E-state index contributed by atoms with van der Waals surface area (Å²) in [5, 5.41) is 2.73. The number of amides is 1. The second-order valence-electron chi connectivity index (χ2n) is 5.28. The lowest BCUT2D eigenvalue weighted by Crippen LogP contribution is -2.39. The number of nitrogens with two attached hydrogens (primary N) is 1. The van der Waals surface area contributed by atoms with E-state index in [-0.39, 0.29) is 11.8 Å². The van der Waals surface area contributed by atoms with Crippen molar-refractivity contribution in [3.63, 3.8) is 0 Å². The van der Waals surface area contributed by atoms with Gasteiger partial charge in [0.05, 0.1) is 7.11 Å². The van der Waals surface area contributed by atoms with Crippen LogP contribution in [-0.4, -0.2) is 38.1 Å². The maximum Gasteiger partial charge on any atom is 0.222 e. The zero-order chi connectivity index (χ0) is 14.5. The molecule has 5 heteroatoms. The Morgan fingerprint density at radius 1 is 1.40 bits per heavy atom. The number of rotatable bonds is 4. The molecule has 3 N–H and O–H groups in total. The number of hydrogen-bond acceptors (Lipinski definition) is 4. The van der Waals surface area contributed by atoms with Crippen molar-refractivity contribution >= 4 is 11.6 Å². The van der Waals surface area contributed by atoms with Gasteiger partial charge in [0.25, 0.3) is 0 Å². The largest absolute Gasteiger partial charge is 0.497 e. The summed E-state index contributed by atoms with van der Waals surface area (Å²) in [6, 6.07) is 5.82. The fourth-order valence-corrected chi connectivity index (χ4v) is 2.71. The van der Waals surface area contributed by atoms with Crippen LogP contribution in [0.4, 0.5) is 5.69 Å². The van der Waals surface area contributed by atoms with E-state index < -0.39 is 0 Å². The first-order valence-corrected chi connectivity index (χ1v) is 6.99. The highest BCUT2D eigenvalue weighted by Gasteiger charge is 2.24. The van der Waals surface area contributed by atoms with E-state index in [0.29, 0.717) is 0 Å². The summed E-state index contributed by atoms with van der Waals surface area (Å²) in [4.78, 5) is 14.0. The maximum atomic E-state index is 11.6. The molecule has 0 saturated carbocycles. The highest BCUT2D eigenvalue weighted by atomic mass is 16.5. The Labute approximate surface area is 120 Å². The number of benzene rings is 1. The first kappa shape index (κ1) is 14.7. The SMILES string of the molecule is CNC(=O)C1CCN(Cc2cc(N)cc(OC)c2)CC1. The third kappa shape index (κ3) is 3.63. The Hall–Kier alpha value is -1.75. The van der Waals surface area contributed by atoms with Crippen LogP contribution in [0.1, 0.15) is 18.4 Å². The number of anilines is 1. The Bertz CT molecular complexity index is 468. The molecule has 1 aliphatic rings. The summed E-state index contributed by atoms with van der Waals surface area (Å²) >= 11 is 0. The van der Waals surface area contributed by atoms with E-state index in [4.69, 9.17) is 10.5 Å². The van der Waals surface area contributed by atoms with Gasteiger partial charge in [0.2, 0.25) is 5.91 Å². The lowest BCUT2D eigenvalue weighted by atomic mass is 9.95. The minimum Gasteiger partial charge on any atom is -0.497 e. The number of carbonyl (C=O) groups excluding carboxylic acids is 1. The molecule has 0 spiro atoms. The first-order valence-electron chi connectivity index (χ1n) is 6.99. The number of ether oxygens (including phenoxy) is 1. The van der Waals surface area contributed by atoms with Gasteiger partial charge in [-0.15, -0.1) is 0 Å². The van der Waals surface area contributed by atoms with Crippen molar-refractivity contribution in [1.82, 2.24) is 10.2 Å². The number of methoxy groups -OCH3 is 1. The molecule has 1 heterocycles. The lowest BCUT2D eigenvalue weighted by molar-refractivity contribution is -0.125. The van der Waals surface area contributed by atoms with E-state index in [2.05, 4.69) is 10.2 Å². The van der Waals surface area contributed by atoms with Gasteiger partial charge in [0, 0.05) is 31.3 Å². The molecule has 1 aromatic rings. The summed E-state index contributed by atoms with van der Waals surface area (Å²) in [6.07, 6.45) is 1.83. The average molecular weight is 277 g/mol. The van der Waals surface area contributed by atoms with Gasteiger partial charge >= 0.3 is 0 Å². The molecule has 2 rings (SSSR count). The highest BCUT2D eigenvalue weighted by molar-refractivity contribution is 5.78. The normalized spacial score (nSPS) is 16.9. The van der Waals surface area contributed by atoms with E-state index in [9.17, 15) is 4.79 Å². The summed E-state index contributed by atoms with van der Waals surface area (Å²) in [5.74, 6) is 1.11. The van der Waals surface area contributed by atoms with Crippen molar-refractivity contribution in [2.45, 2.75) is 19.4 Å². The van der Waals surface area contributed by atoms with Crippen LogP contribution in [-0.2, 0) is 11.3 Å². The maximum absolute atomic E-state index is 11.6. The molecule has 0 radical (unpaired) electrons. The Morgan fingerprint density at radius 2 is 2.10 bits per heavy atom. The highest BCUT2D eigenvalue weighted by Crippen LogP contribution is 2.23. The molecule has 1 saturated heterocycles. The predicted molar refractivity (Wildman–Crippen MR) is 79.5 cm³/mol. The number of piperidine rings is 1. The Morgan fingerprint density at radius 3 is 2.70 bits per heavy atom. The third-order valence-corrected chi connectivity index (χ3v) is 3.84. The minimum absolute atomic E-state index is 0.159. The van der Waals surface area contributed by atoms with Crippen molar-refractivity contribution in [2.75, 3.05) is 33.0 Å². The molecule has 110 valence electrons. The van der Waals surface area contributed by atoms with Crippen LogP contribution in [0.25, 0.3) is 0 Å². The molecule has 0 aromatic heterocycles. The second-order valence-corrected chi connectivity index (χ2v) is 5.28. The van der Waals surface area contributed by atoms with Crippen LogP contribution in [0.15, 0.2) is 18.2 Å². The number of nitrogens with one attached hydrogen (secondary N) is 1. The van der Waals surface area contributed by atoms with Gasteiger partial charge < -0.3 is 15.8 Å². The van der Waals surface area contributed by atoms with Crippen molar-refractivity contribution in [3.8, 4) is 5.75 Å². The fraction of sp³-hybridized carbons (Fsp3) is 0.533. The standard InChI is InChI=1S/C15H23N3O2/c1-17-15(19)12-3-5-18(6-4-12)10-11-7-13(16)9-14(8-11)20-2/h7-9,12H,3-6,10,16H2,1-2H3,(H,17,19). The van der Waals surface area contributed by atoms with Crippen molar-refractivity contribution in [1.29, 1.82) is 0 Å². The number of carbonyl (C=O) groups is 1. The smallest absolute Gasteiger partial charge is 0.222 e. The Kier molecular flexibility index (Phi) is 4.84. The van der Waals surface area contributed by atoms with Crippen LogP contribution < -0.4 is 15.8 Å². The minimum atomic E-state index is 0.159. The zero-order valence-corrected chi connectivity index (χ0v) is 12.2. The molecule has 20 heavy (non-hydrogen) atoms. The van der Waals surface area contributed by atoms with E-state index in [1.165, 1.54) is 0 Å². The summed E-state index contributed by atoms with van der Waals surface area (Å²) < 4.78 is 5.24. The molecule has 1 aromatic carbocycles. The second kappa shape index (κ2) is 6.61. The summed E-state index contributed by atoms with van der Waals surface area (Å²) in [6.45, 7) is 2.73. The number of nitrogen functional groups attached to an aromatic ring is 1. The fourth-order valence-electron chi connectivity index (χ4n) is 2.71. The topological polar surface area (TPSA) is 67.6 Å². The average Bonchev–Trinajstić information content (AvgIpc) is 2.46. The molecule has 1 amide bonds. The van der Waals surface area contributed by atoms with E-state index >= 15 is 0 Å². The van der Waals surface area contributed by atoms with Gasteiger partial charge in [-0.1, -0.05) is 0 Å². The van der Waals surface area contributed by atoms with Gasteiger partial charge in [-0.3, -0.25) is 9.69 Å². The van der Waals surface area contributed by atoms with Gasteiger partial charge in [-0.25, -0.2) is 0 Å². The molecule has 1 aliphatic heterocycles. The van der Waals surface area contributed by atoms with Gasteiger partial charge in [0.15, 0.2) is 0 Å². The van der Waals surface area contributed by atoms with E-state index in [1.807, 2.05) is 18.2 Å². The van der Waals surface area contributed by atoms with Gasteiger partial charge in [0.1, 0.15) is 5.75 Å². The molecule has 0 aliphatic carbocycles. The zero-order valence-electron chi connectivity index (χ0n) is 12.2.